The van der Waals surface area contributed by atoms with Gasteiger partial charge in [0.25, 0.3) is 0 Å². The summed E-state index contributed by atoms with van der Waals surface area (Å²) >= 11 is 6.24. The minimum absolute atomic E-state index is 0.114. The van der Waals surface area contributed by atoms with E-state index in [0.717, 1.165) is 75.0 Å². The highest BCUT2D eigenvalue weighted by molar-refractivity contribution is 6.29. The molecule has 33 heavy (non-hydrogen) atoms. The second kappa shape index (κ2) is 12.4. The molecule has 0 radical (unpaired) electrons. The van der Waals surface area contributed by atoms with Crippen molar-refractivity contribution in [1.82, 2.24) is 15.5 Å². The van der Waals surface area contributed by atoms with Crippen molar-refractivity contribution in [2.45, 2.75) is 91.1 Å². The Balaban J connectivity index is 1.53. The molecule has 3 rings (SSSR count). The summed E-state index contributed by atoms with van der Waals surface area (Å²) in [4.78, 5) is 15.8. The molecule has 1 amide bonds. The first kappa shape index (κ1) is 27.0. The van der Waals surface area contributed by atoms with Crippen LogP contribution < -0.4 is 10.6 Å². The van der Waals surface area contributed by atoms with Crippen molar-refractivity contribution in [2.24, 2.45) is 29.1 Å². The lowest BCUT2D eigenvalue weighted by Crippen LogP contribution is -2.54. The van der Waals surface area contributed by atoms with Crippen molar-refractivity contribution in [3.63, 3.8) is 0 Å². The van der Waals surface area contributed by atoms with Gasteiger partial charge in [-0.1, -0.05) is 51.8 Å². The summed E-state index contributed by atoms with van der Waals surface area (Å²) in [7, 11) is 1.71. The minimum atomic E-state index is 0.114. The molecule has 190 valence electrons. The molecule has 5 atom stereocenters. The largest absolute Gasteiger partial charge is 0.370 e. The van der Waals surface area contributed by atoms with Crippen LogP contribution in [0.2, 0.25) is 0 Å². The second-order valence-corrected chi connectivity index (χ2v) is 12.3. The van der Waals surface area contributed by atoms with Gasteiger partial charge < -0.3 is 15.0 Å². The summed E-state index contributed by atoms with van der Waals surface area (Å²) < 4.78 is 5.16. The van der Waals surface area contributed by atoms with Crippen LogP contribution in [0, 0.1) is 29.1 Å². The highest BCUT2D eigenvalue weighted by Gasteiger charge is 2.41. The van der Waals surface area contributed by atoms with Gasteiger partial charge in [0.2, 0.25) is 5.91 Å². The Kier molecular flexibility index (Phi) is 10.1. The van der Waals surface area contributed by atoms with Crippen molar-refractivity contribution in [1.29, 1.82) is 0 Å². The standard InChI is InChI=1S/C27H48ClN3O2/c1-19(2)25(30-26(32)21-7-6-8-23(15-21)29-18-33-5)16-31-14-13-24(27(3,4)17-31)20-9-11-22(28)12-10-20/h11,19-21,23-25,29H,6-10,12-18H2,1-5H3,(H,30,32)/t20?,21?,23?,24?,25-/m0/s1. The average Bonchev–Trinajstić information content (AvgIpc) is 2.77. The number of allylic oxidation sites excluding steroid dienone is 2. The van der Waals surface area contributed by atoms with E-state index in [1.54, 1.807) is 7.11 Å². The number of halogens is 1. The zero-order valence-corrected chi connectivity index (χ0v) is 22.4. The Labute approximate surface area is 207 Å². The number of rotatable bonds is 9. The fourth-order valence-electron chi connectivity index (χ4n) is 6.52. The van der Waals surface area contributed by atoms with E-state index in [2.05, 4.69) is 49.3 Å². The topological polar surface area (TPSA) is 53.6 Å². The van der Waals surface area contributed by atoms with E-state index >= 15 is 0 Å². The molecule has 4 unspecified atom stereocenters. The number of likely N-dealkylation sites (tertiary alicyclic amines) is 1. The summed E-state index contributed by atoms with van der Waals surface area (Å²) in [5.74, 6) is 2.30. The maximum absolute atomic E-state index is 13.2. The van der Waals surface area contributed by atoms with Crippen molar-refractivity contribution in [2.75, 3.05) is 33.5 Å². The summed E-state index contributed by atoms with van der Waals surface area (Å²) in [6, 6.07) is 0.588. The van der Waals surface area contributed by atoms with E-state index in [-0.39, 0.29) is 23.3 Å². The van der Waals surface area contributed by atoms with Crippen LogP contribution in [0.4, 0.5) is 0 Å². The average molecular weight is 482 g/mol. The number of ether oxygens (including phenoxy) is 1. The zero-order valence-electron chi connectivity index (χ0n) is 21.7. The number of nitrogens with zero attached hydrogens (tertiary/aromatic N) is 1. The number of hydrogen-bond acceptors (Lipinski definition) is 4. The van der Waals surface area contributed by atoms with E-state index in [1.807, 2.05) is 0 Å². The fourth-order valence-corrected chi connectivity index (χ4v) is 6.72. The van der Waals surface area contributed by atoms with E-state index < -0.39 is 0 Å². The normalized spacial score (nSPS) is 31.8. The fraction of sp³-hybridized carbons (Fsp3) is 0.889. The molecule has 0 aromatic heterocycles. The molecule has 1 saturated carbocycles. The molecule has 0 bridgehead atoms. The van der Waals surface area contributed by atoms with Crippen LogP contribution in [0.1, 0.15) is 79.1 Å². The van der Waals surface area contributed by atoms with E-state index in [0.29, 0.717) is 18.7 Å². The molecule has 1 saturated heterocycles. The minimum Gasteiger partial charge on any atom is -0.370 e. The highest BCUT2D eigenvalue weighted by atomic mass is 35.5. The lowest BCUT2D eigenvalue weighted by atomic mass is 9.65. The molecular weight excluding hydrogens is 434 g/mol. The second-order valence-electron chi connectivity index (χ2n) is 11.9. The van der Waals surface area contributed by atoms with Gasteiger partial charge in [0, 0.05) is 43.2 Å². The van der Waals surface area contributed by atoms with Gasteiger partial charge >= 0.3 is 0 Å². The number of carbonyl (C=O) groups excluding carboxylic acids is 1. The Morgan fingerprint density at radius 3 is 2.70 bits per heavy atom. The van der Waals surface area contributed by atoms with Gasteiger partial charge in [-0.05, 0) is 74.7 Å². The summed E-state index contributed by atoms with van der Waals surface area (Å²) in [6.45, 7) is 13.1. The zero-order chi connectivity index (χ0) is 24.0. The third-order valence-corrected chi connectivity index (χ3v) is 8.85. The monoisotopic (exact) mass is 481 g/mol. The van der Waals surface area contributed by atoms with Crippen molar-refractivity contribution < 1.29 is 9.53 Å². The Morgan fingerprint density at radius 1 is 1.27 bits per heavy atom. The van der Waals surface area contributed by atoms with Gasteiger partial charge in [0.15, 0.2) is 0 Å². The predicted molar refractivity (Wildman–Crippen MR) is 137 cm³/mol. The molecule has 5 nitrogen and oxygen atoms in total. The van der Waals surface area contributed by atoms with Gasteiger partial charge in [-0.25, -0.2) is 0 Å². The van der Waals surface area contributed by atoms with Gasteiger partial charge in [-0.15, -0.1) is 0 Å². The van der Waals surface area contributed by atoms with E-state index in [4.69, 9.17) is 16.3 Å². The smallest absolute Gasteiger partial charge is 0.223 e. The first-order valence-corrected chi connectivity index (χ1v) is 13.7. The molecule has 0 aromatic carbocycles. The molecule has 2 fully saturated rings. The molecular formula is C27H48ClN3O2. The molecule has 0 aromatic rings. The lowest BCUT2D eigenvalue weighted by Gasteiger charge is -2.49. The molecule has 1 heterocycles. The van der Waals surface area contributed by atoms with Crippen molar-refractivity contribution in [3.8, 4) is 0 Å². The summed E-state index contributed by atoms with van der Waals surface area (Å²) in [5.41, 5.74) is 0.287. The first-order valence-electron chi connectivity index (χ1n) is 13.3. The summed E-state index contributed by atoms with van der Waals surface area (Å²) in [6.07, 6.45) is 11.1. The van der Waals surface area contributed by atoms with Crippen LogP contribution in [0.25, 0.3) is 0 Å². The number of nitrogens with one attached hydrogen (secondary N) is 2. The van der Waals surface area contributed by atoms with Gasteiger partial charge in [0.1, 0.15) is 0 Å². The molecule has 2 N–H and O–H groups in total. The van der Waals surface area contributed by atoms with Gasteiger partial charge in [-0.3, -0.25) is 10.1 Å². The predicted octanol–water partition coefficient (Wildman–Crippen LogP) is 5.15. The van der Waals surface area contributed by atoms with E-state index in [1.165, 1.54) is 12.8 Å². The Hall–Kier alpha value is -0.620. The van der Waals surface area contributed by atoms with Crippen LogP contribution in [-0.4, -0.2) is 56.4 Å². The summed E-state index contributed by atoms with van der Waals surface area (Å²) in [5, 5.41) is 7.93. The quantitative estimate of drug-likeness (QED) is 0.447. The number of methoxy groups -OCH3 is 1. The van der Waals surface area contributed by atoms with Crippen LogP contribution in [-0.2, 0) is 9.53 Å². The van der Waals surface area contributed by atoms with Crippen LogP contribution in [0.15, 0.2) is 11.1 Å². The number of piperidine rings is 1. The van der Waals surface area contributed by atoms with Crippen LogP contribution in [0.5, 0.6) is 0 Å². The lowest BCUT2D eigenvalue weighted by molar-refractivity contribution is -0.127. The van der Waals surface area contributed by atoms with Gasteiger partial charge in [-0.2, -0.15) is 0 Å². The third-order valence-electron chi connectivity index (χ3n) is 8.50. The molecule has 2 aliphatic carbocycles. The molecule has 6 heteroatoms. The first-order chi connectivity index (χ1) is 15.7. The Bertz CT molecular complexity index is 666. The van der Waals surface area contributed by atoms with Crippen LogP contribution in [0.3, 0.4) is 0 Å². The Morgan fingerprint density at radius 2 is 2.06 bits per heavy atom. The number of carbonyl (C=O) groups is 1. The highest BCUT2D eigenvalue weighted by Crippen LogP contribution is 2.45. The number of amides is 1. The molecule has 0 spiro atoms. The van der Waals surface area contributed by atoms with Crippen molar-refractivity contribution >= 4 is 17.5 Å². The van der Waals surface area contributed by atoms with Crippen molar-refractivity contribution in [3.05, 3.63) is 11.1 Å². The SMILES string of the molecule is COCNC1CCCC(C(=O)N[C@@H](CN2CCC(C3CC=C(Cl)CC3)C(C)(C)C2)C(C)C)C1. The molecule has 1 aliphatic heterocycles. The van der Waals surface area contributed by atoms with E-state index in [9.17, 15) is 4.79 Å². The number of hydrogen-bond donors (Lipinski definition) is 2. The van der Waals surface area contributed by atoms with Crippen LogP contribution >= 0.6 is 11.6 Å². The maximum Gasteiger partial charge on any atom is 0.223 e. The van der Waals surface area contributed by atoms with Gasteiger partial charge in [0.05, 0.1) is 6.73 Å². The molecule has 3 aliphatic rings. The maximum atomic E-state index is 13.2. The third kappa shape index (κ3) is 7.68.